The van der Waals surface area contributed by atoms with Crippen LogP contribution < -0.4 is 10.2 Å². The molecule has 1 fully saturated rings. The van der Waals surface area contributed by atoms with Gasteiger partial charge in [0.15, 0.2) is 0 Å². The number of esters is 1. The minimum Gasteiger partial charge on any atom is -0.465 e. The van der Waals surface area contributed by atoms with Crippen molar-refractivity contribution in [1.82, 2.24) is 9.97 Å². The van der Waals surface area contributed by atoms with E-state index in [-0.39, 0.29) is 11.7 Å². The Bertz CT molecular complexity index is 711. The molecular weight excluding hydrogens is 311 g/mol. The lowest BCUT2D eigenvalue weighted by molar-refractivity contribution is 0.0600. The number of nitrogens with one attached hydrogen (secondary N) is 1. The summed E-state index contributed by atoms with van der Waals surface area (Å²) in [5.74, 6) is -0.479. The monoisotopic (exact) mass is 330 g/mol. The van der Waals surface area contributed by atoms with E-state index in [2.05, 4.69) is 20.0 Å². The SMILES string of the molecule is COC(=O)c1ccc(N2CCCCC2Nc2ncccn2)c(F)c1. The van der Waals surface area contributed by atoms with E-state index in [9.17, 15) is 9.18 Å². The fraction of sp³-hybridized carbons (Fsp3) is 0.353. The van der Waals surface area contributed by atoms with Gasteiger partial charge in [-0.15, -0.1) is 0 Å². The first-order valence-corrected chi connectivity index (χ1v) is 7.87. The van der Waals surface area contributed by atoms with Gasteiger partial charge in [0.05, 0.1) is 18.4 Å². The summed E-state index contributed by atoms with van der Waals surface area (Å²) in [6, 6.07) is 6.16. The number of carbonyl (C=O) groups excluding carboxylic acids is 1. The molecule has 1 aliphatic rings. The van der Waals surface area contributed by atoms with Crippen LogP contribution in [0.2, 0.25) is 0 Å². The lowest BCUT2D eigenvalue weighted by atomic mass is 10.1. The zero-order valence-electron chi connectivity index (χ0n) is 13.4. The zero-order valence-corrected chi connectivity index (χ0v) is 13.4. The summed E-state index contributed by atoms with van der Waals surface area (Å²) in [5, 5.41) is 3.25. The molecule has 7 heteroatoms. The molecule has 0 amide bonds. The van der Waals surface area contributed by atoms with Gasteiger partial charge in [0.2, 0.25) is 5.95 Å². The second kappa shape index (κ2) is 7.25. The van der Waals surface area contributed by atoms with E-state index in [4.69, 9.17) is 0 Å². The van der Waals surface area contributed by atoms with Gasteiger partial charge in [-0.25, -0.2) is 19.2 Å². The Morgan fingerprint density at radius 1 is 1.33 bits per heavy atom. The Morgan fingerprint density at radius 2 is 2.12 bits per heavy atom. The lowest BCUT2D eigenvalue weighted by Crippen LogP contribution is -2.45. The standard InChI is InChI=1S/C17H19FN4O2/c1-24-16(23)12-6-7-14(13(18)11-12)22-10-3-2-5-15(22)21-17-19-8-4-9-20-17/h4,6-9,11,15H,2-3,5,10H2,1H3,(H,19,20,21). The Kier molecular flexibility index (Phi) is 4.88. The van der Waals surface area contributed by atoms with Gasteiger partial charge in [0, 0.05) is 18.9 Å². The number of rotatable bonds is 4. The number of anilines is 2. The highest BCUT2D eigenvalue weighted by Gasteiger charge is 2.25. The number of hydrogen-bond donors (Lipinski definition) is 1. The maximum atomic E-state index is 14.5. The molecule has 24 heavy (non-hydrogen) atoms. The van der Waals surface area contributed by atoms with Crippen LogP contribution in [0.3, 0.4) is 0 Å². The second-order valence-corrected chi connectivity index (χ2v) is 5.58. The van der Waals surface area contributed by atoms with Gasteiger partial charge in [-0.05, 0) is 43.5 Å². The molecule has 1 aliphatic heterocycles. The van der Waals surface area contributed by atoms with E-state index >= 15 is 0 Å². The van der Waals surface area contributed by atoms with Crippen LogP contribution in [0, 0.1) is 5.82 Å². The van der Waals surface area contributed by atoms with Crippen molar-refractivity contribution in [3.63, 3.8) is 0 Å². The quantitative estimate of drug-likeness (QED) is 0.870. The van der Waals surface area contributed by atoms with Gasteiger partial charge in [-0.2, -0.15) is 0 Å². The van der Waals surface area contributed by atoms with E-state index in [0.29, 0.717) is 11.6 Å². The van der Waals surface area contributed by atoms with Crippen LogP contribution in [0.25, 0.3) is 0 Å². The smallest absolute Gasteiger partial charge is 0.337 e. The molecule has 3 rings (SSSR count). The first-order chi connectivity index (χ1) is 11.7. The van der Waals surface area contributed by atoms with Gasteiger partial charge < -0.3 is 15.0 Å². The number of ether oxygens (including phenoxy) is 1. The van der Waals surface area contributed by atoms with Crippen molar-refractivity contribution in [3.05, 3.63) is 48.0 Å². The molecule has 0 radical (unpaired) electrons. The van der Waals surface area contributed by atoms with Crippen molar-refractivity contribution in [2.45, 2.75) is 25.4 Å². The second-order valence-electron chi connectivity index (χ2n) is 5.58. The summed E-state index contributed by atoms with van der Waals surface area (Å²) in [6.07, 6.45) is 6.10. The third-order valence-electron chi connectivity index (χ3n) is 4.04. The molecule has 0 bridgehead atoms. The molecule has 1 N–H and O–H groups in total. The number of aromatic nitrogens is 2. The fourth-order valence-corrected chi connectivity index (χ4v) is 2.88. The highest BCUT2D eigenvalue weighted by molar-refractivity contribution is 5.89. The van der Waals surface area contributed by atoms with E-state index in [1.165, 1.54) is 13.2 Å². The van der Waals surface area contributed by atoms with Crippen LogP contribution in [-0.4, -0.2) is 35.8 Å². The molecule has 0 aliphatic carbocycles. The average Bonchev–Trinajstić information content (AvgIpc) is 2.62. The van der Waals surface area contributed by atoms with Crippen LogP contribution in [-0.2, 0) is 4.74 Å². The van der Waals surface area contributed by atoms with Crippen LogP contribution >= 0.6 is 0 Å². The summed E-state index contributed by atoms with van der Waals surface area (Å²) >= 11 is 0. The predicted octanol–water partition coefficient (Wildman–Crippen LogP) is 2.83. The highest BCUT2D eigenvalue weighted by Crippen LogP contribution is 2.28. The Balaban J connectivity index is 1.84. The molecule has 0 saturated carbocycles. The Labute approximate surface area is 139 Å². The molecule has 1 aromatic heterocycles. The van der Waals surface area contributed by atoms with Crippen LogP contribution in [0.15, 0.2) is 36.7 Å². The average molecular weight is 330 g/mol. The molecule has 0 spiro atoms. The summed E-state index contributed by atoms with van der Waals surface area (Å²) < 4.78 is 19.2. The number of hydrogen-bond acceptors (Lipinski definition) is 6. The number of benzene rings is 1. The number of halogens is 1. The molecule has 2 heterocycles. The number of carbonyl (C=O) groups is 1. The van der Waals surface area contributed by atoms with Crippen molar-refractivity contribution in [2.75, 3.05) is 23.9 Å². The van der Waals surface area contributed by atoms with Gasteiger partial charge in [-0.1, -0.05) is 0 Å². The zero-order chi connectivity index (χ0) is 16.9. The largest absolute Gasteiger partial charge is 0.465 e. The molecule has 1 atom stereocenters. The maximum Gasteiger partial charge on any atom is 0.337 e. The molecule has 1 aromatic carbocycles. The van der Waals surface area contributed by atoms with E-state index in [1.807, 2.05) is 4.90 Å². The molecule has 1 unspecified atom stereocenters. The summed E-state index contributed by atoms with van der Waals surface area (Å²) in [5.41, 5.74) is 0.655. The van der Waals surface area contributed by atoms with Crippen molar-refractivity contribution >= 4 is 17.6 Å². The fourth-order valence-electron chi connectivity index (χ4n) is 2.88. The van der Waals surface area contributed by atoms with Gasteiger partial charge >= 0.3 is 5.97 Å². The van der Waals surface area contributed by atoms with Crippen LogP contribution in [0.4, 0.5) is 16.0 Å². The third kappa shape index (κ3) is 3.45. The topological polar surface area (TPSA) is 67.3 Å². The van der Waals surface area contributed by atoms with Crippen molar-refractivity contribution in [3.8, 4) is 0 Å². The number of methoxy groups -OCH3 is 1. The van der Waals surface area contributed by atoms with Crippen molar-refractivity contribution < 1.29 is 13.9 Å². The van der Waals surface area contributed by atoms with Crippen molar-refractivity contribution in [1.29, 1.82) is 0 Å². The molecule has 1 saturated heterocycles. The lowest BCUT2D eigenvalue weighted by Gasteiger charge is -2.38. The first kappa shape index (κ1) is 16.2. The molecule has 126 valence electrons. The summed E-state index contributed by atoms with van der Waals surface area (Å²) in [7, 11) is 1.28. The predicted molar refractivity (Wildman–Crippen MR) is 88.4 cm³/mol. The minimum atomic E-state index is -0.550. The van der Waals surface area contributed by atoms with Gasteiger partial charge in [-0.3, -0.25) is 0 Å². The van der Waals surface area contributed by atoms with Crippen molar-refractivity contribution in [2.24, 2.45) is 0 Å². The number of piperidine rings is 1. The normalized spacial score (nSPS) is 17.4. The molecule has 2 aromatic rings. The van der Waals surface area contributed by atoms with E-state index in [1.54, 1.807) is 30.6 Å². The van der Waals surface area contributed by atoms with Gasteiger partial charge in [0.25, 0.3) is 0 Å². The molecule has 6 nitrogen and oxygen atoms in total. The first-order valence-electron chi connectivity index (χ1n) is 7.87. The van der Waals surface area contributed by atoms with E-state index in [0.717, 1.165) is 25.8 Å². The maximum absolute atomic E-state index is 14.5. The summed E-state index contributed by atoms with van der Waals surface area (Å²) in [6.45, 7) is 0.721. The number of nitrogens with zero attached hydrogens (tertiary/aromatic N) is 3. The Hall–Kier alpha value is -2.70. The minimum absolute atomic E-state index is 0.0976. The van der Waals surface area contributed by atoms with E-state index < -0.39 is 11.8 Å². The third-order valence-corrected chi connectivity index (χ3v) is 4.04. The van der Waals surface area contributed by atoms with Crippen LogP contribution in [0.1, 0.15) is 29.6 Å². The highest BCUT2D eigenvalue weighted by atomic mass is 19.1. The Morgan fingerprint density at radius 3 is 2.83 bits per heavy atom. The van der Waals surface area contributed by atoms with Gasteiger partial charge in [0.1, 0.15) is 12.0 Å². The molecular formula is C17H19FN4O2. The summed E-state index contributed by atoms with van der Waals surface area (Å²) in [4.78, 5) is 21.8. The van der Waals surface area contributed by atoms with Crippen LogP contribution in [0.5, 0.6) is 0 Å².